The van der Waals surface area contributed by atoms with Crippen LogP contribution in [0.5, 0.6) is 0 Å². The fraction of sp³-hybridized carbons (Fsp3) is 0.167. The fourth-order valence-corrected chi connectivity index (χ4v) is 3.42. The highest BCUT2D eigenvalue weighted by Gasteiger charge is 2.50. The van der Waals surface area contributed by atoms with Gasteiger partial charge in [-0.25, -0.2) is 8.42 Å². The van der Waals surface area contributed by atoms with Gasteiger partial charge in [-0.3, -0.25) is 0 Å². The molecular formula is C12H8Cl2F3NO2S. The molecule has 0 aliphatic rings. The largest absolute Gasteiger partial charge is 0.502 e. The lowest BCUT2D eigenvalue weighted by atomic mass is 10.1. The molecule has 0 radical (unpaired) electrons. The van der Waals surface area contributed by atoms with E-state index >= 15 is 0 Å². The van der Waals surface area contributed by atoms with Crippen molar-refractivity contribution in [3.05, 3.63) is 40.0 Å². The first kappa shape index (κ1) is 16.2. The Morgan fingerprint density at radius 2 is 1.62 bits per heavy atom. The Bertz CT molecular complexity index is 780. The summed E-state index contributed by atoms with van der Waals surface area (Å²) in [6, 6.07) is 6.20. The van der Waals surface area contributed by atoms with Crippen molar-refractivity contribution in [2.24, 2.45) is 0 Å². The Labute approximate surface area is 128 Å². The first-order valence-electron chi connectivity index (χ1n) is 5.51. The summed E-state index contributed by atoms with van der Waals surface area (Å²) in [5, 5.41) is -1.04. The number of H-pyrrole nitrogens is 1. The number of aryl methyl sites for hydroxylation is 1. The summed E-state index contributed by atoms with van der Waals surface area (Å²) in [6.07, 6.45) is 0. The lowest BCUT2D eigenvalue weighted by Crippen LogP contribution is -2.23. The van der Waals surface area contributed by atoms with E-state index in [1.54, 1.807) is 19.1 Å². The molecule has 1 heterocycles. The average Bonchev–Trinajstić information content (AvgIpc) is 2.65. The number of rotatable bonds is 2. The van der Waals surface area contributed by atoms with Crippen molar-refractivity contribution in [2.75, 3.05) is 0 Å². The molecule has 0 saturated heterocycles. The molecule has 0 saturated carbocycles. The molecule has 9 heteroatoms. The maximum absolute atomic E-state index is 12.8. The molecule has 0 unspecified atom stereocenters. The molecule has 1 N–H and O–H groups in total. The van der Waals surface area contributed by atoms with Crippen LogP contribution in [-0.2, 0) is 9.84 Å². The molecular weight excluding hydrogens is 350 g/mol. The van der Waals surface area contributed by atoms with Crippen molar-refractivity contribution in [3.8, 4) is 11.3 Å². The fourth-order valence-electron chi connectivity index (χ4n) is 1.72. The third kappa shape index (κ3) is 2.77. The number of sulfone groups is 1. The summed E-state index contributed by atoms with van der Waals surface area (Å²) >= 11 is 11.3. The van der Waals surface area contributed by atoms with Crippen LogP contribution >= 0.6 is 23.2 Å². The predicted octanol–water partition coefficient (Wildman–Crippen LogP) is 4.59. The van der Waals surface area contributed by atoms with Crippen LogP contribution in [0.15, 0.2) is 29.2 Å². The maximum atomic E-state index is 12.8. The summed E-state index contributed by atoms with van der Waals surface area (Å²) in [7, 11) is -5.62. The minimum Gasteiger partial charge on any atom is -0.343 e. The quantitative estimate of drug-likeness (QED) is 0.854. The van der Waals surface area contributed by atoms with Crippen molar-refractivity contribution in [2.45, 2.75) is 17.3 Å². The second-order valence-corrected chi connectivity index (χ2v) is 6.91. The van der Waals surface area contributed by atoms with E-state index in [2.05, 4.69) is 4.98 Å². The molecule has 114 valence electrons. The molecule has 0 bridgehead atoms. The summed E-state index contributed by atoms with van der Waals surface area (Å²) in [5.74, 6) is 0. The molecule has 0 aliphatic carbocycles. The number of aromatic nitrogens is 1. The van der Waals surface area contributed by atoms with E-state index < -0.39 is 25.3 Å². The second-order valence-electron chi connectivity index (χ2n) is 4.27. The predicted molar refractivity (Wildman–Crippen MR) is 74.2 cm³/mol. The Morgan fingerprint density at radius 3 is 2.10 bits per heavy atom. The first-order valence-corrected chi connectivity index (χ1v) is 7.75. The number of halogens is 5. The first-order chi connectivity index (χ1) is 9.55. The van der Waals surface area contributed by atoms with E-state index in [-0.39, 0.29) is 16.4 Å². The van der Waals surface area contributed by atoms with Crippen LogP contribution in [0.2, 0.25) is 10.2 Å². The normalized spacial score (nSPS) is 12.7. The van der Waals surface area contributed by atoms with E-state index in [0.29, 0.717) is 0 Å². The third-order valence-corrected chi connectivity index (χ3v) is 5.19. The Balaban J connectivity index is 2.76. The van der Waals surface area contributed by atoms with Crippen molar-refractivity contribution >= 4 is 33.0 Å². The number of alkyl halides is 3. The summed E-state index contributed by atoms with van der Waals surface area (Å²) in [5.41, 5.74) is -4.66. The van der Waals surface area contributed by atoms with Gasteiger partial charge in [0.25, 0.3) is 9.84 Å². The van der Waals surface area contributed by atoms with E-state index in [0.717, 1.165) is 5.56 Å². The molecule has 1 aromatic heterocycles. The van der Waals surface area contributed by atoms with Crippen LogP contribution < -0.4 is 0 Å². The van der Waals surface area contributed by atoms with Crippen molar-refractivity contribution in [3.63, 3.8) is 0 Å². The summed E-state index contributed by atoms with van der Waals surface area (Å²) in [4.78, 5) is 1.32. The van der Waals surface area contributed by atoms with Crippen LogP contribution in [0.1, 0.15) is 5.56 Å². The van der Waals surface area contributed by atoms with E-state index in [1.807, 2.05) is 0 Å². The van der Waals surface area contributed by atoms with Crippen LogP contribution in [-0.4, -0.2) is 18.9 Å². The topological polar surface area (TPSA) is 49.9 Å². The highest BCUT2D eigenvalue weighted by Crippen LogP contribution is 2.43. The van der Waals surface area contributed by atoms with Gasteiger partial charge in [-0.15, -0.1) is 0 Å². The van der Waals surface area contributed by atoms with Gasteiger partial charge in [-0.05, 0) is 12.5 Å². The van der Waals surface area contributed by atoms with Crippen molar-refractivity contribution < 1.29 is 21.6 Å². The van der Waals surface area contributed by atoms with Crippen LogP contribution in [0, 0.1) is 6.92 Å². The number of hydrogen-bond acceptors (Lipinski definition) is 2. The van der Waals surface area contributed by atoms with E-state index in [4.69, 9.17) is 23.2 Å². The lowest BCUT2D eigenvalue weighted by molar-refractivity contribution is -0.0435. The molecule has 0 amide bonds. The molecule has 0 aliphatic heterocycles. The zero-order valence-electron chi connectivity index (χ0n) is 10.4. The standard InChI is InChI=1S/C12H8Cl2F3NO2S/c1-6-2-4-7(5-3-6)9-10(8(13)11(14)18-9)21(19,20)12(15,16)17/h2-5,18H,1H3. The van der Waals surface area contributed by atoms with Gasteiger partial charge in [-0.1, -0.05) is 53.0 Å². The molecule has 21 heavy (non-hydrogen) atoms. The zero-order valence-corrected chi connectivity index (χ0v) is 12.8. The minimum atomic E-state index is -5.62. The molecule has 3 nitrogen and oxygen atoms in total. The Kier molecular flexibility index (Phi) is 4.03. The minimum absolute atomic E-state index is 0.234. The van der Waals surface area contributed by atoms with Crippen LogP contribution in [0.3, 0.4) is 0 Å². The Hall–Kier alpha value is -1.18. The van der Waals surface area contributed by atoms with Gasteiger partial charge < -0.3 is 4.98 Å². The number of hydrogen-bond donors (Lipinski definition) is 1. The summed E-state index contributed by atoms with van der Waals surface area (Å²) < 4.78 is 61.6. The van der Waals surface area contributed by atoms with Crippen LogP contribution in [0.4, 0.5) is 13.2 Å². The smallest absolute Gasteiger partial charge is 0.343 e. The number of aromatic amines is 1. The lowest BCUT2D eigenvalue weighted by Gasteiger charge is -2.10. The molecule has 0 fully saturated rings. The van der Waals surface area contributed by atoms with Gasteiger partial charge in [0.05, 0.1) is 10.7 Å². The average molecular weight is 358 g/mol. The maximum Gasteiger partial charge on any atom is 0.502 e. The van der Waals surface area contributed by atoms with Gasteiger partial charge >= 0.3 is 5.51 Å². The molecule has 2 aromatic rings. The van der Waals surface area contributed by atoms with Crippen LogP contribution in [0.25, 0.3) is 11.3 Å². The second kappa shape index (κ2) is 5.23. The third-order valence-electron chi connectivity index (χ3n) is 2.77. The van der Waals surface area contributed by atoms with Crippen molar-refractivity contribution in [1.29, 1.82) is 0 Å². The highest BCUT2D eigenvalue weighted by atomic mass is 35.5. The van der Waals surface area contributed by atoms with Gasteiger partial charge in [0.1, 0.15) is 10.0 Å². The van der Waals surface area contributed by atoms with Gasteiger partial charge in [0.2, 0.25) is 0 Å². The molecule has 0 spiro atoms. The van der Waals surface area contributed by atoms with E-state index in [1.165, 1.54) is 12.1 Å². The highest BCUT2D eigenvalue weighted by molar-refractivity contribution is 7.92. The van der Waals surface area contributed by atoms with Crippen molar-refractivity contribution in [1.82, 2.24) is 4.98 Å². The van der Waals surface area contributed by atoms with Gasteiger partial charge in [-0.2, -0.15) is 13.2 Å². The van der Waals surface area contributed by atoms with Gasteiger partial charge in [0.15, 0.2) is 0 Å². The van der Waals surface area contributed by atoms with E-state index in [9.17, 15) is 21.6 Å². The van der Waals surface area contributed by atoms with Gasteiger partial charge in [0, 0.05) is 0 Å². The zero-order chi connectivity index (χ0) is 16.0. The Morgan fingerprint density at radius 1 is 1.10 bits per heavy atom. The molecule has 1 aromatic carbocycles. The summed E-state index contributed by atoms with van der Waals surface area (Å²) in [6.45, 7) is 1.78. The molecule has 0 atom stereocenters. The SMILES string of the molecule is Cc1ccc(-c2[nH]c(Cl)c(Cl)c2S(=O)(=O)C(F)(F)F)cc1. The molecule has 2 rings (SSSR count). The monoisotopic (exact) mass is 357 g/mol. The number of benzene rings is 1. The number of nitrogens with one attached hydrogen (secondary N) is 1.